The Morgan fingerprint density at radius 2 is 2.19 bits per heavy atom. The van der Waals surface area contributed by atoms with Crippen LogP contribution < -0.4 is 0 Å². The van der Waals surface area contributed by atoms with E-state index < -0.39 is 9.84 Å². The van der Waals surface area contributed by atoms with Gasteiger partial charge in [0.05, 0.1) is 30.3 Å². The van der Waals surface area contributed by atoms with Crippen LogP contribution in [0.5, 0.6) is 0 Å². The van der Waals surface area contributed by atoms with E-state index in [0.717, 1.165) is 44.5 Å². The molecule has 4 rings (SSSR count). The highest BCUT2D eigenvalue weighted by Gasteiger charge is 2.33. The van der Waals surface area contributed by atoms with E-state index in [0.29, 0.717) is 19.0 Å². The molecule has 1 aliphatic heterocycles. The highest BCUT2D eigenvalue weighted by molar-refractivity contribution is 7.91. The number of imidazole rings is 1. The third kappa shape index (κ3) is 4.80. The molecule has 6 nitrogen and oxygen atoms in total. The number of aromatic nitrogens is 2. The third-order valence-corrected chi connectivity index (χ3v) is 7.73. The van der Waals surface area contributed by atoms with Crippen molar-refractivity contribution in [3.05, 3.63) is 34.3 Å². The van der Waals surface area contributed by atoms with Gasteiger partial charge in [0, 0.05) is 19.7 Å². The van der Waals surface area contributed by atoms with Crippen LogP contribution in [0.2, 0.25) is 0 Å². The minimum Gasteiger partial charge on any atom is -0.376 e. The van der Waals surface area contributed by atoms with Gasteiger partial charge in [0.1, 0.15) is 0 Å². The lowest BCUT2D eigenvalue weighted by molar-refractivity contribution is 0.0934. The lowest BCUT2D eigenvalue weighted by Crippen LogP contribution is -2.25. The highest BCUT2D eigenvalue weighted by atomic mass is 32.2. The van der Waals surface area contributed by atoms with Crippen molar-refractivity contribution in [2.75, 3.05) is 19.4 Å². The number of hydrogen-bond acceptors (Lipinski definition) is 6. The normalized spacial score (nSPS) is 20.6. The van der Waals surface area contributed by atoms with Crippen molar-refractivity contribution in [1.29, 1.82) is 0 Å². The first-order valence-electron chi connectivity index (χ1n) is 9.59. The molecule has 1 saturated carbocycles. The smallest absolute Gasteiger partial charge is 0.227 e. The molecule has 0 amide bonds. The van der Waals surface area contributed by atoms with Gasteiger partial charge in [0.15, 0.2) is 0 Å². The van der Waals surface area contributed by atoms with Crippen LogP contribution in [-0.4, -0.2) is 48.4 Å². The first-order chi connectivity index (χ1) is 13.0. The van der Waals surface area contributed by atoms with Crippen LogP contribution in [0.15, 0.2) is 28.2 Å². The lowest BCUT2D eigenvalue weighted by atomic mass is 10.2. The van der Waals surface area contributed by atoms with Crippen molar-refractivity contribution in [1.82, 2.24) is 14.5 Å². The SMILES string of the molecule is CN(Cc1ccsc1)Cc1cnc(S(=O)(=O)CC2CC2)n1CC1CCCO1. The largest absolute Gasteiger partial charge is 0.376 e. The second-order valence-electron chi connectivity index (χ2n) is 7.81. The fourth-order valence-electron chi connectivity index (χ4n) is 3.65. The second-order valence-corrected chi connectivity index (χ2v) is 10.5. The fourth-order valence-corrected chi connectivity index (χ4v) is 6.15. The zero-order valence-electron chi connectivity index (χ0n) is 15.7. The molecule has 0 radical (unpaired) electrons. The van der Waals surface area contributed by atoms with Gasteiger partial charge in [-0.1, -0.05) is 0 Å². The summed E-state index contributed by atoms with van der Waals surface area (Å²) in [6, 6.07) is 2.12. The van der Waals surface area contributed by atoms with Gasteiger partial charge in [-0.15, -0.1) is 0 Å². The van der Waals surface area contributed by atoms with E-state index >= 15 is 0 Å². The molecule has 0 aromatic carbocycles. The summed E-state index contributed by atoms with van der Waals surface area (Å²) in [6.07, 6.45) is 5.86. The van der Waals surface area contributed by atoms with Crippen molar-refractivity contribution >= 4 is 21.2 Å². The maximum atomic E-state index is 12.9. The molecule has 27 heavy (non-hydrogen) atoms. The van der Waals surface area contributed by atoms with Crippen molar-refractivity contribution in [3.8, 4) is 0 Å². The molecule has 1 saturated heterocycles. The van der Waals surface area contributed by atoms with Gasteiger partial charge in [0.25, 0.3) is 0 Å². The Balaban J connectivity index is 1.55. The number of ether oxygens (including phenoxy) is 1. The van der Waals surface area contributed by atoms with Crippen LogP contribution in [0.3, 0.4) is 0 Å². The zero-order valence-corrected chi connectivity index (χ0v) is 17.3. The van der Waals surface area contributed by atoms with E-state index in [1.54, 1.807) is 17.5 Å². The monoisotopic (exact) mass is 409 g/mol. The quantitative estimate of drug-likeness (QED) is 0.637. The summed E-state index contributed by atoms with van der Waals surface area (Å²) in [5, 5.41) is 4.45. The number of sulfone groups is 1. The molecule has 2 aliphatic rings. The van der Waals surface area contributed by atoms with E-state index in [1.807, 2.05) is 4.57 Å². The molecular formula is C19H27N3O3S2. The van der Waals surface area contributed by atoms with Gasteiger partial charge in [-0.05, 0) is 61.0 Å². The Labute approximate surface area is 165 Å². The molecule has 0 spiro atoms. The molecule has 0 bridgehead atoms. The molecule has 1 aliphatic carbocycles. The van der Waals surface area contributed by atoms with E-state index in [2.05, 4.69) is 33.8 Å². The average molecular weight is 410 g/mol. The van der Waals surface area contributed by atoms with Crippen molar-refractivity contribution < 1.29 is 13.2 Å². The van der Waals surface area contributed by atoms with E-state index in [-0.39, 0.29) is 17.0 Å². The molecule has 3 heterocycles. The Morgan fingerprint density at radius 3 is 2.85 bits per heavy atom. The van der Waals surface area contributed by atoms with E-state index in [4.69, 9.17) is 4.74 Å². The molecular weight excluding hydrogens is 382 g/mol. The maximum Gasteiger partial charge on any atom is 0.227 e. The Morgan fingerprint density at radius 1 is 1.33 bits per heavy atom. The molecule has 2 fully saturated rings. The molecule has 2 aromatic heterocycles. The highest BCUT2D eigenvalue weighted by Crippen LogP contribution is 2.32. The van der Waals surface area contributed by atoms with Crippen LogP contribution in [-0.2, 0) is 34.2 Å². The Hall–Kier alpha value is -1.22. The average Bonchev–Trinajstić information content (AvgIpc) is 3.05. The summed E-state index contributed by atoms with van der Waals surface area (Å²) in [5.74, 6) is 0.535. The summed E-state index contributed by atoms with van der Waals surface area (Å²) < 4.78 is 33.5. The minimum atomic E-state index is -3.35. The molecule has 8 heteroatoms. The van der Waals surface area contributed by atoms with Crippen LogP contribution in [0.1, 0.15) is 36.9 Å². The van der Waals surface area contributed by atoms with Crippen LogP contribution in [0, 0.1) is 5.92 Å². The first-order valence-corrected chi connectivity index (χ1v) is 12.2. The molecule has 148 valence electrons. The summed E-state index contributed by atoms with van der Waals surface area (Å²) in [7, 11) is -1.30. The number of rotatable bonds is 9. The van der Waals surface area contributed by atoms with Gasteiger partial charge in [-0.3, -0.25) is 4.90 Å². The number of nitrogens with zero attached hydrogens (tertiary/aromatic N) is 3. The zero-order chi connectivity index (χ0) is 18.9. The second kappa shape index (κ2) is 8.03. The summed E-state index contributed by atoms with van der Waals surface area (Å²) in [5.41, 5.74) is 2.21. The maximum absolute atomic E-state index is 12.9. The number of hydrogen-bond donors (Lipinski definition) is 0. The van der Waals surface area contributed by atoms with Crippen LogP contribution >= 0.6 is 11.3 Å². The summed E-state index contributed by atoms with van der Waals surface area (Å²) in [6.45, 7) is 2.82. The standard InChI is InChI=1S/C19H27N3O3S2/c1-21(10-16-6-8-26-13-16)11-17-9-20-19(27(23,24)14-15-4-5-15)22(17)12-18-3-2-7-25-18/h6,8-9,13,15,18H,2-5,7,10-12,14H2,1H3. The third-order valence-electron chi connectivity index (χ3n) is 5.21. The fraction of sp³-hybridized carbons (Fsp3) is 0.632. The molecule has 1 unspecified atom stereocenters. The predicted molar refractivity (Wildman–Crippen MR) is 105 cm³/mol. The molecule has 1 atom stereocenters. The number of thiophene rings is 1. The van der Waals surface area contributed by atoms with Crippen LogP contribution in [0.25, 0.3) is 0 Å². The Kier molecular flexibility index (Phi) is 5.68. The van der Waals surface area contributed by atoms with Crippen LogP contribution in [0.4, 0.5) is 0 Å². The van der Waals surface area contributed by atoms with Crippen molar-refractivity contribution in [3.63, 3.8) is 0 Å². The minimum absolute atomic E-state index is 0.0787. The lowest BCUT2D eigenvalue weighted by Gasteiger charge is -2.20. The van der Waals surface area contributed by atoms with E-state index in [1.165, 1.54) is 5.56 Å². The van der Waals surface area contributed by atoms with Crippen molar-refractivity contribution in [2.45, 2.75) is 56.6 Å². The van der Waals surface area contributed by atoms with Gasteiger partial charge < -0.3 is 9.30 Å². The Bertz CT molecular complexity index is 851. The molecule has 2 aromatic rings. The predicted octanol–water partition coefficient (Wildman–Crippen LogP) is 2.94. The van der Waals surface area contributed by atoms with Gasteiger partial charge in [0.2, 0.25) is 15.0 Å². The summed E-state index contributed by atoms with van der Waals surface area (Å²) >= 11 is 1.69. The summed E-state index contributed by atoms with van der Waals surface area (Å²) in [4.78, 5) is 6.55. The van der Waals surface area contributed by atoms with E-state index in [9.17, 15) is 8.42 Å². The first kappa shape index (κ1) is 19.1. The van der Waals surface area contributed by atoms with Gasteiger partial charge in [-0.25, -0.2) is 13.4 Å². The topological polar surface area (TPSA) is 64.4 Å². The van der Waals surface area contributed by atoms with Crippen molar-refractivity contribution in [2.24, 2.45) is 5.92 Å². The molecule has 0 N–H and O–H groups in total. The van der Waals surface area contributed by atoms with Gasteiger partial charge in [-0.2, -0.15) is 11.3 Å². The van der Waals surface area contributed by atoms with Gasteiger partial charge >= 0.3 is 0 Å².